The molecule has 7 heteroatoms. The van der Waals surface area contributed by atoms with E-state index in [0.29, 0.717) is 6.54 Å². The van der Waals surface area contributed by atoms with Gasteiger partial charge in [0.15, 0.2) is 5.96 Å². The van der Waals surface area contributed by atoms with Gasteiger partial charge < -0.3 is 19.5 Å². The maximum atomic E-state index is 11.5. The van der Waals surface area contributed by atoms with Crippen LogP contribution in [0.4, 0.5) is 0 Å². The zero-order valence-electron chi connectivity index (χ0n) is 15.2. The largest absolute Gasteiger partial charge is 0.357 e. The Bertz CT molecular complexity index is 773. The van der Waals surface area contributed by atoms with Crippen molar-refractivity contribution in [1.82, 2.24) is 24.5 Å². The normalized spacial score (nSPS) is 15.7. The summed E-state index contributed by atoms with van der Waals surface area (Å²) in [5.74, 6) is 1.03. The number of amides is 1. The van der Waals surface area contributed by atoms with Gasteiger partial charge in [0.2, 0.25) is 5.91 Å². The average molecular weight is 342 g/mol. The molecule has 0 saturated carbocycles. The van der Waals surface area contributed by atoms with Crippen LogP contribution in [0.25, 0.3) is 5.65 Å². The van der Waals surface area contributed by atoms with E-state index in [-0.39, 0.29) is 5.91 Å². The van der Waals surface area contributed by atoms with Gasteiger partial charge in [0.05, 0.1) is 12.2 Å². The number of carbonyl (C=O) groups is 1. The first-order valence-corrected chi connectivity index (χ1v) is 8.81. The molecule has 0 unspecified atom stereocenters. The van der Waals surface area contributed by atoms with Crippen LogP contribution < -0.4 is 5.32 Å². The van der Waals surface area contributed by atoms with Crippen LogP contribution in [0.15, 0.2) is 29.4 Å². The second-order valence-corrected chi connectivity index (χ2v) is 6.29. The Morgan fingerprint density at radius 3 is 2.60 bits per heavy atom. The predicted molar refractivity (Wildman–Crippen MR) is 98.6 cm³/mol. The van der Waals surface area contributed by atoms with Crippen molar-refractivity contribution in [2.75, 3.05) is 32.7 Å². The minimum absolute atomic E-state index is 0.140. The van der Waals surface area contributed by atoms with Crippen LogP contribution in [0.2, 0.25) is 0 Å². The van der Waals surface area contributed by atoms with Crippen molar-refractivity contribution in [2.24, 2.45) is 4.99 Å². The molecule has 0 aliphatic carbocycles. The number of nitrogens with zero attached hydrogens (tertiary/aromatic N) is 5. The quantitative estimate of drug-likeness (QED) is 0.674. The molecule has 2 aromatic heterocycles. The number of fused-ring (bicyclic) bond motifs is 1. The number of pyridine rings is 1. The maximum Gasteiger partial charge on any atom is 0.219 e. The van der Waals surface area contributed by atoms with Crippen LogP contribution in [0, 0.1) is 6.92 Å². The Kier molecular flexibility index (Phi) is 5.21. The number of rotatable bonds is 3. The lowest BCUT2D eigenvalue weighted by Crippen LogP contribution is -2.53. The number of carbonyl (C=O) groups excluding carboxylic acids is 1. The molecular weight excluding hydrogens is 316 g/mol. The fourth-order valence-corrected chi connectivity index (χ4v) is 3.09. The second kappa shape index (κ2) is 7.55. The van der Waals surface area contributed by atoms with Crippen molar-refractivity contribution in [3.63, 3.8) is 0 Å². The lowest BCUT2D eigenvalue weighted by molar-refractivity contribution is -0.130. The maximum absolute atomic E-state index is 11.5. The topological polar surface area (TPSA) is 65.2 Å². The Hall–Kier alpha value is -2.57. The van der Waals surface area contributed by atoms with Crippen molar-refractivity contribution in [3.8, 4) is 0 Å². The zero-order chi connectivity index (χ0) is 17.8. The molecule has 134 valence electrons. The fourth-order valence-electron chi connectivity index (χ4n) is 3.09. The fraction of sp³-hybridized carbons (Fsp3) is 0.500. The lowest BCUT2D eigenvalue weighted by atomic mass is 10.3. The Morgan fingerprint density at radius 2 is 1.96 bits per heavy atom. The summed E-state index contributed by atoms with van der Waals surface area (Å²) in [5, 5.41) is 3.35. The number of piperazine rings is 1. The third kappa shape index (κ3) is 3.92. The van der Waals surface area contributed by atoms with E-state index in [4.69, 9.17) is 4.99 Å². The number of aryl methyl sites for hydroxylation is 1. The molecule has 0 atom stereocenters. The van der Waals surface area contributed by atoms with Crippen molar-refractivity contribution >= 4 is 17.5 Å². The summed E-state index contributed by atoms with van der Waals surface area (Å²) in [7, 11) is 0. The van der Waals surface area contributed by atoms with Crippen LogP contribution in [-0.4, -0.2) is 63.8 Å². The first kappa shape index (κ1) is 17.3. The van der Waals surface area contributed by atoms with Gasteiger partial charge in [-0.1, -0.05) is 6.07 Å². The van der Waals surface area contributed by atoms with Crippen molar-refractivity contribution in [1.29, 1.82) is 0 Å². The molecule has 0 radical (unpaired) electrons. The van der Waals surface area contributed by atoms with Gasteiger partial charge in [0.1, 0.15) is 5.65 Å². The molecule has 1 fully saturated rings. The third-order valence-electron chi connectivity index (χ3n) is 4.50. The van der Waals surface area contributed by atoms with Crippen LogP contribution in [0.1, 0.15) is 25.2 Å². The van der Waals surface area contributed by atoms with Gasteiger partial charge in [-0.25, -0.2) is 9.98 Å². The number of hydrogen-bond acceptors (Lipinski definition) is 3. The van der Waals surface area contributed by atoms with Crippen LogP contribution in [-0.2, 0) is 11.3 Å². The molecule has 3 heterocycles. The molecule has 2 aromatic rings. The molecular formula is C18H26N6O. The van der Waals surface area contributed by atoms with Crippen molar-refractivity contribution in [2.45, 2.75) is 27.3 Å². The highest BCUT2D eigenvalue weighted by Crippen LogP contribution is 2.10. The van der Waals surface area contributed by atoms with Gasteiger partial charge >= 0.3 is 0 Å². The van der Waals surface area contributed by atoms with Crippen LogP contribution in [0.5, 0.6) is 0 Å². The molecule has 7 nitrogen and oxygen atoms in total. The smallest absolute Gasteiger partial charge is 0.219 e. The van der Waals surface area contributed by atoms with E-state index in [2.05, 4.69) is 39.5 Å². The zero-order valence-corrected chi connectivity index (χ0v) is 15.2. The van der Waals surface area contributed by atoms with Gasteiger partial charge in [0, 0.05) is 51.5 Å². The Morgan fingerprint density at radius 1 is 1.24 bits per heavy atom. The summed E-state index contributed by atoms with van der Waals surface area (Å²) in [6, 6.07) is 6.09. The summed E-state index contributed by atoms with van der Waals surface area (Å²) in [6.07, 6.45) is 2.05. The third-order valence-corrected chi connectivity index (χ3v) is 4.50. The van der Waals surface area contributed by atoms with E-state index in [0.717, 1.165) is 55.7 Å². The molecule has 0 bridgehead atoms. The number of nitrogens with one attached hydrogen (secondary N) is 1. The van der Waals surface area contributed by atoms with E-state index in [1.807, 2.05) is 23.2 Å². The van der Waals surface area contributed by atoms with Gasteiger partial charge in [-0.3, -0.25) is 4.79 Å². The number of aliphatic imine (C=N–C) groups is 1. The summed E-state index contributed by atoms with van der Waals surface area (Å²) in [4.78, 5) is 25.0. The molecule has 1 amide bonds. The van der Waals surface area contributed by atoms with E-state index in [1.165, 1.54) is 0 Å². The number of hydrogen-bond donors (Lipinski definition) is 1. The van der Waals surface area contributed by atoms with E-state index >= 15 is 0 Å². The number of aromatic nitrogens is 2. The Labute approximate surface area is 148 Å². The predicted octanol–water partition coefficient (Wildman–Crippen LogP) is 1.27. The molecule has 25 heavy (non-hydrogen) atoms. The number of imidazole rings is 1. The molecule has 3 rings (SSSR count). The molecule has 0 spiro atoms. The first-order chi connectivity index (χ1) is 12.1. The SMILES string of the molecule is CCNC(=NCc1cn2c(C)cccc2n1)N1CCN(C(C)=O)CC1. The van der Waals surface area contributed by atoms with Gasteiger partial charge in [-0.05, 0) is 26.0 Å². The van der Waals surface area contributed by atoms with Crippen LogP contribution in [0.3, 0.4) is 0 Å². The summed E-state index contributed by atoms with van der Waals surface area (Å²) >= 11 is 0. The second-order valence-electron chi connectivity index (χ2n) is 6.29. The minimum Gasteiger partial charge on any atom is -0.357 e. The highest BCUT2D eigenvalue weighted by atomic mass is 16.2. The first-order valence-electron chi connectivity index (χ1n) is 8.81. The molecule has 1 aliphatic rings. The highest BCUT2D eigenvalue weighted by Gasteiger charge is 2.20. The minimum atomic E-state index is 0.140. The Balaban J connectivity index is 1.71. The van der Waals surface area contributed by atoms with E-state index in [9.17, 15) is 4.79 Å². The average Bonchev–Trinajstić information content (AvgIpc) is 3.03. The van der Waals surface area contributed by atoms with E-state index < -0.39 is 0 Å². The standard InChI is InChI=1S/C18H26N6O/c1-4-19-18(23-10-8-22(9-11-23)15(3)25)20-12-16-13-24-14(2)6-5-7-17(24)21-16/h5-7,13H,4,8-12H2,1-3H3,(H,19,20). The molecule has 0 aromatic carbocycles. The van der Waals surface area contributed by atoms with Gasteiger partial charge in [0.25, 0.3) is 0 Å². The lowest BCUT2D eigenvalue weighted by Gasteiger charge is -2.36. The van der Waals surface area contributed by atoms with Gasteiger partial charge in [-0.15, -0.1) is 0 Å². The molecule has 1 N–H and O–H groups in total. The van der Waals surface area contributed by atoms with Crippen molar-refractivity contribution in [3.05, 3.63) is 35.8 Å². The van der Waals surface area contributed by atoms with Crippen LogP contribution >= 0.6 is 0 Å². The van der Waals surface area contributed by atoms with Crippen molar-refractivity contribution < 1.29 is 4.79 Å². The summed E-state index contributed by atoms with van der Waals surface area (Å²) in [6.45, 7) is 10.2. The van der Waals surface area contributed by atoms with E-state index in [1.54, 1.807) is 6.92 Å². The molecule has 1 aliphatic heterocycles. The monoisotopic (exact) mass is 342 g/mol. The summed E-state index contributed by atoms with van der Waals surface area (Å²) in [5.41, 5.74) is 3.06. The number of guanidine groups is 1. The molecule has 1 saturated heterocycles. The van der Waals surface area contributed by atoms with Gasteiger partial charge in [-0.2, -0.15) is 0 Å². The summed E-state index contributed by atoms with van der Waals surface area (Å²) < 4.78 is 2.09. The highest BCUT2D eigenvalue weighted by molar-refractivity contribution is 5.80.